The fraction of sp³-hybridized carbons (Fsp3) is 0.714. The van der Waals surface area contributed by atoms with Crippen LogP contribution in [0.3, 0.4) is 0 Å². The number of hydrogen-bond acceptors (Lipinski definition) is 4. The lowest BCUT2D eigenvalue weighted by molar-refractivity contribution is 0.411. The van der Waals surface area contributed by atoms with Gasteiger partial charge in [-0.05, 0) is 143 Å². The number of aryl methyl sites for hydroxylation is 2. The van der Waals surface area contributed by atoms with Gasteiger partial charge in [-0.25, -0.2) is 0 Å². The van der Waals surface area contributed by atoms with Crippen molar-refractivity contribution in [1.82, 2.24) is 0 Å². The molecule has 2 atom stereocenters. The van der Waals surface area contributed by atoms with E-state index in [4.69, 9.17) is 0 Å². The Morgan fingerprint density at radius 2 is 0.833 bits per heavy atom. The highest BCUT2D eigenvalue weighted by Gasteiger charge is 2.18. The smallest absolute Gasteiger partial charge is 0.136 e. The molecule has 0 radical (unpaired) electrons. The summed E-state index contributed by atoms with van der Waals surface area (Å²) >= 11 is 4.45. The minimum Gasteiger partial charge on any atom is -0.508 e. The minimum atomic E-state index is 0.272. The predicted molar refractivity (Wildman–Crippen MR) is 224 cm³/mol. The van der Waals surface area contributed by atoms with Crippen molar-refractivity contribution >= 4 is 45.2 Å². The van der Waals surface area contributed by atoms with Gasteiger partial charge in [0.2, 0.25) is 0 Å². The van der Waals surface area contributed by atoms with E-state index in [9.17, 15) is 20.4 Å². The molecule has 2 aromatic rings. The van der Waals surface area contributed by atoms with Crippen molar-refractivity contribution in [3.05, 3.63) is 41.5 Å². The molecule has 0 saturated heterocycles. The molecule has 0 spiro atoms. The zero-order chi connectivity index (χ0) is 36.2. The monoisotopic (exact) mass is 892 g/mol. The molecule has 0 heterocycles. The fourth-order valence-corrected chi connectivity index (χ4v) is 7.75. The second kappa shape index (κ2) is 25.1. The van der Waals surface area contributed by atoms with Crippen LogP contribution < -0.4 is 0 Å². The first-order chi connectivity index (χ1) is 22.7. The van der Waals surface area contributed by atoms with Crippen molar-refractivity contribution in [3.8, 4) is 23.0 Å². The first kappa shape index (κ1) is 45.1. The van der Waals surface area contributed by atoms with Gasteiger partial charge in [-0.2, -0.15) is 0 Å². The Morgan fingerprint density at radius 3 is 1.15 bits per heavy atom. The number of phenols is 4. The lowest BCUT2D eigenvalue weighted by Gasteiger charge is -2.16. The highest BCUT2D eigenvalue weighted by Crippen LogP contribution is 2.38. The van der Waals surface area contributed by atoms with E-state index in [0.717, 1.165) is 92.6 Å². The third-order valence-electron chi connectivity index (χ3n) is 9.62. The molecule has 4 N–H and O–H groups in total. The van der Waals surface area contributed by atoms with E-state index in [0.29, 0.717) is 23.3 Å². The van der Waals surface area contributed by atoms with E-state index < -0.39 is 0 Å². The number of unbranched alkanes of at least 4 members (excludes halogenated alkanes) is 4. The summed E-state index contributed by atoms with van der Waals surface area (Å²) in [5, 5.41) is 41.7. The average molecular weight is 893 g/mol. The van der Waals surface area contributed by atoms with Gasteiger partial charge in [-0.1, -0.05) is 120 Å². The molecule has 0 aliphatic carbocycles. The summed E-state index contributed by atoms with van der Waals surface area (Å²) in [6.07, 6.45) is 19.9. The van der Waals surface area contributed by atoms with E-state index in [-0.39, 0.29) is 11.5 Å². The van der Waals surface area contributed by atoms with Crippen LogP contribution in [0.5, 0.6) is 23.0 Å². The van der Waals surface area contributed by atoms with Crippen molar-refractivity contribution in [2.75, 3.05) is 0 Å². The Hall–Kier alpha value is -0.900. The molecule has 0 bridgehead atoms. The van der Waals surface area contributed by atoms with Crippen LogP contribution in [0.1, 0.15) is 168 Å². The van der Waals surface area contributed by atoms with Gasteiger partial charge in [0.15, 0.2) is 0 Å². The van der Waals surface area contributed by atoms with Crippen LogP contribution in [0, 0.1) is 30.8 Å². The van der Waals surface area contributed by atoms with Crippen molar-refractivity contribution in [2.45, 2.75) is 171 Å². The Kier molecular flexibility index (Phi) is 23.6. The van der Waals surface area contributed by atoms with Crippen LogP contribution in [-0.4, -0.2) is 20.4 Å². The molecular weight excluding hydrogens is 822 g/mol. The summed E-state index contributed by atoms with van der Waals surface area (Å²) in [6.45, 7) is 18.0. The summed E-state index contributed by atoms with van der Waals surface area (Å²) in [5.41, 5.74) is 3.62. The molecule has 0 aliphatic rings. The topological polar surface area (TPSA) is 80.9 Å². The van der Waals surface area contributed by atoms with Crippen molar-refractivity contribution in [3.63, 3.8) is 0 Å². The summed E-state index contributed by atoms with van der Waals surface area (Å²) < 4.78 is 1.84. The van der Waals surface area contributed by atoms with Crippen molar-refractivity contribution in [2.24, 2.45) is 23.7 Å². The molecule has 0 unspecified atom stereocenters. The molecule has 2 rings (SSSR count). The summed E-state index contributed by atoms with van der Waals surface area (Å²) in [7, 11) is 0. The van der Waals surface area contributed by atoms with Gasteiger partial charge in [-0.3, -0.25) is 0 Å². The van der Waals surface area contributed by atoms with Crippen molar-refractivity contribution in [1.29, 1.82) is 0 Å². The van der Waals surface area contributed by atoms with Gasteiger partial charge in [0, 0.05) is 11.1 Å². The number of hydrogen-bond donors (Lipinski definition) is 4. The Morgan fingerprint density at radius 1 is 0.479 bits per heavy atom. The van der Waals surface area contributed by atoms with Crippen LogP contribution in [0.4, 0.5) is 0 Å². The summed E-state index contributed by atoms with van der Waals surface area (Å²) in [6, 6.07) is 3.74. The van der Waals surface area contributed by atoms with E-state index in [1.807, 2.05) is 12.1 Å². The van der Waals surface area contributed by atoms with Gasteiger partial charge in [0.25, 0.3) is 0 Å². The van der Waals surface area contributed by atoms with Crippen LogP contribution in [0.2, 0.25) is 0 Å². The molecule has 2 aromatic carbocycles. The third kappa shape index (κ3) is 17.4. The number of benzene rings is 2. The first-order valence-electron chi connectivity index (χ1n) is 19.2. The molecule has 4 nitrogen and oxygen atoms in total. The van der Waals surface area contributed by atoms with Gasteiger partial charge in [0.1, 0.15) is 23.0 Å². The number of aromatic hydroxyl groups is 4. The molecule has 0 aliphatic heterocycles. The predicted octanol–water partition coefficient (Wildman–Crippen LogP) is 13.7. The molecule has 0 saturated carbocycles. The average Bonchev–Trinajstić information content (AvgIpc) is 3.02. The highest BCUT2D eigenvalue weighted by atomic mass is 127. The van der Waals surface area contributed by atoms with Crippen molar-refractivity contribution < 1.29 is 20.4 Å². The Balaban J connectivity index is 0.000000480. The number of rotatable bonds is 22. The van der Waals surface area contributed by atoms with Crippen LogP contribution in [-0.2, 0) is 25.7 Å². The van der Waals surface area contributed by atoms with Gasteiger partial charge in [0.05, 0.1) is 7.14 Å². The van der Waals surface area contributed by atoms with E-state index in [1.54, 1.807) is 0 Å². The maximum absolute atomic E-state index is 10.5. The maximum Gasteiger partial charge on any atom is 0.136 e. The minimum absolute atomic E-state index is 0.272. The lowest BCUT2D eigenvalue weighted by atomic mass is 9.93. The second-order valence-corrected chi connectivity index (χ2v) is 17.4. The van der Waals surface area contributed by atoms with Gasteiger partial charge >= 0.3 is 0 Å². The quantitative estimate of drug-likeness (QED) is 0.0701. The first-order valence-corrected chi connectivity index (χ1v) is 21.3. The lowest BCUT2D eigenvalue weighted by Crippen LogP contribution is -2.01. The van der Waals surface area contributed by atoms with Gasteiger partial charge < -0.3 is 20.4 Å². The summed E-state index contributed by atoms with van der Waals surface area (Å²) in [4.78, 5) is 0. The van der Waals surface area contributed by atoms with E-state index >= 15 is 0 Å². The molecule has 0 aromatic heterocycles. The largest absolute Gasteiger partial charge is 0.508 e. The second-order valence-electron chi connectivity index (χ2n) is 15.2. The summed E-state index contributed by atoms with van der Waals surface area (Å²) in [5.74, 6) is 3.95. The van der Waals surface area contributed by atoms with E-state index in [2.05, 4.69) is 101 Å². The highest BCUT2D eigenvalue weighted by molar-refractivity contribution is 14.1. The third-order valence-corrected chi connectivity index (χ3v) is 12.0. The number of halogens is 2. The number of phenolic OH excluding ortho intramolecular Hbond substituents is 4. The zero-order valence-electron chi connectivity index (χ0n) is 31.7. The molecule has 6 heteroatoms. The van der Waals surface area contributed by atoms with Crippen LogP contribution in [0.15, 0.2) is 12.1 Å². The zero-order valence-corrected chi connectivity index (χ0v) is 36.1. The molecular formula is C42H70I2O4. The van der Waals surface area contributed by atoms with Gasteiger partial charge in [-0.15, -0.1) is 0 Å². The van der Waals surface area contributed by atoms with E-state index in [1.165, 1.54) is 64.2 Å². The maximum atomic E-state index is 10.5. The standard InChI is InChI=1S/2C21H35IO2/c2*1-5-6-7-11-17-14-19(23)18(21(24)20(17)22)13-12-16(4)10-8-9-15(2)3/h2*14-16,23-24H,5-13H2,1-4H3/t2*16-/m10/s1. The SMILES string of the molecule is CCCCCc1cc(O)c(CC[C@@H](C)CCCC(C)C)c(O)c1I.CCCCCc1cc(O)c(CC[C@H](C)CCCC(C)C)c(O)c1I. The molecule has 48 heavy (non-hydrogen) atoms. The Labute approximate surface area is 322 Å². The fourth-order valence-electron chi connectivity index (χ4n) is 6.25. The molecule has 0 fully saturated rings. The Bertz CT molecular complexity index is 1090. The molecule has 276 valence electrons. The molecule has 0 amide bonds. The van der Waals surface area contributed by atoms with Crippen LogP contribution >= 0.6 is 45.2 Å². The van der Waals surface area contributed by atoms with Crippen LogP contribution in [0.25, 0.3) is 0 Å². The normalized spacial score (nSPS) is 12.8.